The Morgan fingerprint density at radius 2 is 1.72 bits per heavy atom. The van der Waals surface area contributed by atoms with Crippen LogP contribution in [0.1, 0.15) is 42.6 Å². The molecule has 7 nitrogen and oxygen atoms in total. The van der Waals surface area contributed by atoms with E-state index in [0.717, 1.165) is 25.1 Å². The second kappa shape index (κ2) is 10.8. The molecule has 2 aromatic carbocycles. The summed E-state index contributed by atoms with van der Waals surface area (Å²) in [7, 11) is 0. The maximum Gasteiger partial charge on any atom is 0.343 e. The molecule has 0 aliphatic rings. The number of nitrogens with zero attached hydrogens (tertiary/aromatic N) is 1. The number of guanidine groups is 1. The second-order valence-electron chi connectivity index (χ2n) is 6.62. The fourth-order valence-electron chi connectivity index (χ4n) is 2.87. The fourth-order valence-corrected chi connectivity index (χ4v) is 2.87. The van der Waals surface area contributed by atoms with Gasteiger partial charge in [0.2, 0.25) is 5.91 Å². The van der Waals surface area contributed by atoms with Gasteiger partial charge in [-0.3, -0.25) is 10.2 Å². The van der Waals surface area contributed by atoms with Gasteiger partial charge in [0.15, 0.2) is 5.96 Å². The monoisotopic (exact) mass is 396 g/mol. The maximum absolute atomic E-state index is 12.3. The zero-order chi connectivity index (χ0) is 21.2. The molecule has 2 aromatic rings. The molecule has 0 unspecified atom stereocenters. The largest absolute Gasteiger partial charge is 0.423 e. The molecule has 0 radical (unpaired) electrons. The van der Waals surface area contributed by atoms with Crippen LogP contribution >= 0.6 is 0 Å². The van der Waals surface area contributed by atoms with E-state index >= 15 is 0 Å². The number of amides is 1. The van der Waals surface area contributed by atoms with Crippen molar-refractivity contribution in [2.75, 3.05) is 18.4 Å². The van der Waals surface area contributed by atoms with E-state index < -0.39 is 5.97 Å². The van der Waals surface area contributed by atoms with Crippen LogP contribution in [0.25, 0.3) is 0 Å². The van der Waals surface area contributed by atoms with E-state index in [2.05, 4.69) is 12.2 Å². The van der Waals surface area contributed by atoms with Gasteiger partial charge in [0.25, 0.3) is 0 Å². The molecule has 0 aromatic heterocycles. The number of esters is 1. The highest BCUT2D eigenvalue weighted by Gasteiger charge is 2.11. The van der Waals surface area contributed by atoms with E-state index in [9.17, 15) is 9.59 Å². The van der Waals surface area contributed by atoms with Gasteiger partial charge in [0, 0.05) is 25.2 Å². The number of anilines is 1. The van der Waals surface area contributed by atoms with E-state index in [0.29, 0.717) is 29.8 Å². The average molecular weight is 396 g/mol. The highest BCUT2D eigenvalue weighted by Crippen LogP contribution is 2.17. The molecule has 0 saturated carbocycles. The first-order valence-electron chi connectivity index (χ1n) is 9.73. The average Bonchev–Trinajstić information content (AvgIpc) is 2.71. The summed E-state index contributed by atoms with van der Waals surface area (Å²) >= 11 is 0. The number of benzene rings is 2. The number of aryl methyl sites for hydroxylation is 1. The molecule has 0 spiro atoms. The van der Waals surface area contributed by atoms with E-state index in [1.165, 1.54) is 0 Å². The van der Waals surface area contributed by atoms with Crippen molar-refractivity contribution in [2.45, 2.75) is 33.1 Å². The summed E-state index contributed by atoms with van der Waals surface area (Å²) in [5.41, 5.74) is 7.30. The van der Waals surface area contributed by atoms with Crippen molar-refractivity contribution in [3.05, 3.63) is 59.7 Å². The summed E-state index contributed by atoms with van der Waals surface area (Å²) in [5.74, 6) is -0.0416. The standard InChI is InChI=1S/C22H28N4O3/c1-3-15-26(4-2)20(27)14-7-16-5-12-19(13-6-16)29-21(28)17-8-10-18(11-9-17)25-22(23)24/h5-6,8-13H,3-4,7,14-15H2,1-2H3,(H4,23,24,25). The third-order valence-corrected chi connectivity index (χ3v) is 4.39. The molecule has 4 N–H and O–H groups in total. The van der Waals surface area contributed by atoms with Gasteiger partial charge in [-0.1, -0.05) is 19.1 Å². The number of carbonyl (C=O) groups is 2. The molecule has 0 bridgehead atoms. The van der Waals surface area contributed by atoms with Crippen LogP contribution in [0.4, 0.5) is 5.69 Å². The van der Waals surface area contributed by atoms with E-state index in [-0.39, 0.29) is 11.9 Å². The molecule has 7 heteroatoms. The van der Waals surface area contributed by atoms with Crippen molar-refractivity contribution in [1.82, 2.24) is 4.90 Å². The van der Waals surface area contributed by atoms with Crippen LogP contribution in [-0.2, 0) is 11.2 Å². The first kappa shape index (κ1) is 21.9. The zero-order valence-electron chi connectivity index (χ0n) is 16.9. The summed E-state index contributed by atoms with van der Waals surface area (Å²) in [6, 6.07) is 13.7. The van der Waals surface area contributed by atoms with E-state index in [4.69, 9.17) is 15.9 Å². The number of ether oxygens (including phenoxy) is 1. The lowest BCUT2D eigenvalue weighted by Crippen LogP contribution is -2.31. The molecule has 1 amide bonds. The SMILES string of the molecule is CCCN(CC)C(=O)CCc1ccc(OC(=O)c2ccc(NC(=N)N)cc2)cc1. The maximum atomic E-state index is 12.3. The number of rotatable bonds is 9. The van der Waals surface area contributed by atoms with Crippen LogP contribution in [-0.4, -0.2) is 35.8 Å². The predicted octanol–water partition coefficient (Wildman–Crippen LogP) is 3.40. The normalized spacial score (nSPS) is 10.3. The van der Waals surface area contributed by atoms with Crippen LogP contribution in [0.3, 0.4) is 0 Å². The third-order valence-electron chi connectivity index (χ3n) is 4.39. The lowest BCUT2D eigenvalue weighted by Gasteiger charge is -2.20. The quantitative estimate of drug-likeness (QED) is 0.260. The van der Waals surface area contributed by atoms with Gasteiger partial charge in [-0.05, 0) is 61.7 Å². The van der Waals surface area contributed by atoms with Gasteiger partial charge >= 0.3 is 5.97 Å². The number of nitrogens with one attached hydrogen (secondary N) is 2. The van der Waals surface area contributed by atoms with Crippen LogP contribution in [0.5, 0.6) is 5.75 Å². The Kier molecular flexibility index (Phi) is 8.21. The molecular formula is C22H28N4O3. The summed E-state index contributed by atoms with van der Waals surface area (Å²) in [6.45, 7) is 5.57. The summed E-state index contributed by atoms with van der Waals surface area (Å²) in [6.07, 6.45) is 2.07. The van der Waals surface area contributed by atoms with Crippen LogP contribution < -0.4 is 15.8 Å². The molecule has 0 atom stereocenters. The number of hydrogen-bond donors (Lipinski definition) is 3. The van der Waals surface area contributed by atoms with Gasteiger partial charge in [0.1, 0.15) is 5.75 Å². The minimum absolute atomic E-state index is 0.160. The van der Waals surface area contributed by atoms with Crippen molar-refractivity contribution in [3.8, 4) is 5.75 Å². The molecule has 29 heavy (non-hydrogen) atoms. The summed E-state index contributed by atoms with van der Waals surface area (Å²) in [5, 5.41) is 9.84. The zero-order valence-corrected chi connectivity index (χ0v) is 16.9. The molecule has 2 rings (SSSR count). The fraction of sp³-hybridized carbons (Fsp3) is 0.318. The molecule has 154 valence electrons. The van der Waals surface area contributed by atoms with E-state index in [1.54, 1.807) is 36.4 Å². The second-order valence-corrected chi connectivity index (χ2v) is 6.62. The highest BCUT2D eigenvalue weighted by atomic mass is 16.5. The first-order valence-corrected chi connectivity index (χ1v) is 9.73. The van der Waals surface area contributed by atoms with Crippen molar-refractivity contribution >= 4 is 23.5 Å². The van der Waals surface area contributed by atoms with Gasteiger partial charge in [0.05, 0.1) is 5.56 Å². The number of carbonyl (C=O) groups excluding carboxylic acids is 2. The Labute approximate surface area is 171 Å². The summed E-state index contributed by atoms with van der Waals surface area (Å²) in [4.78, 5) is 26.3. The lowest BCUT2D eigenvalue weighted by atomic mass is 10.1. The van der Waals surface area contributed by atoms with Gasteiger partial charge < -0.3 is 20.7 Å². The minimum Gasteiger partial charge on any atom is -0.423 e. The van der Waals surface area contributed by atoms with Gasteiger partial charge in [-0.15, -0.1) is 0 Å². The number of hydrogen-bond acceptors (Lipinski definition) is 4. The van der Waals surface area contributed by atoms with Crippen molar-refractivity contribution < 1.29 is 14.3 Å². The number of nitrogens with two attached hydrogens (primary N) is 1. The molecule has 0 saturated heterocycles. The Bertz CT molecular complexity index is 832. The minimum atomic E-state index is -0.472. The molecule has 0 aliphatic carbocycles. The Hall–Kier alpha value is -3.35. The van der Waals surface area contributed by atoms with Crippen LogP contribution in [0, 0.1) is 5.41 Å². The third kappa shape index (κ3) is 6.95. The predicted molar refractivity (Wildman–Crippen MR) is 114 cm³/mol. The Morgan fingerprint density at radius 1 is 1.07 bits per heavy atom. The molecule has 0 aliphatic heterocycles. The van der Waals surface area contributed by atoms with Gasteiger partial charge in [-0.2, -0.15) is 0 Å². The topological polar surface area (TPSA) is 109 Å². The van der Waals surface area contributed by atoms with Crippen molar-refractivity contribution in [2.24, 2.45) is 5.73 Å². The first-order chi connectivity index (χ1) is 13.9. The summed E-state index contributed by atoms with van der Waals surface area (Å²) < 4.78 is 5.39. The molecule has 0 heterocycles. The molecule has 0 fully saturated rings. The highest BCUT2D eigenvalue weighted by molar-refractivity contribution is 5.93. The van der Waals surface area contributed by atoms with Gasteiger partial charge in [-0.25, -0.2) is 4.79 Å². The van der Waals surface area contributed by atoms with Crippen LogP contribution in [0.2, 0.25) is 0 Å². The van der Waals surface area contributed by atoms with Crippen LogP contribution in [0.15, 0.2) is 48.5 Å². The Balaban J connectivity index is 1.89. The van der Waals surface area contributed by atoms with Crippen molar-refractivity contribution in [3.63, 3.8) is 0 Å². The van der Waals surface area contributed by atoms with E-state index in [1.807, 2.05) is 24.0 Å². The smallest absolute Gasteiger partial charge is 0.343 e. The van der Waals surface area contributed by atoms with Crippen molar-refractivity contribution in [1.29, 1.82) is 5.41 Å². The lowest BCUT2D eigenvalue weighted by molar-refractivity contribution is -0.131. The Morgan fingerprint density at radius 3 is 2.28 bits per heavy atom. The molecular weight excluding hydrogens is 368 g/mol.